The van der Waals surface area contributed by atoms with Crippen LogP contribution < -0.4 is 16.2 Å². The van der Waals surface area contributed by atoms with E-state index in [0.29, 0.717) is 0 Å². The molecule has 110 valence electrons. The first-order chi connectivity index (χ1) is 9.19. The molecule has 1 aromatic carbocycles. The summed E-state index contributed by atoms with van der Waals surface area (Å²) in [5, 5.41) is 0. The highest BCUT2D eigenvalue weighted by molar-refractivity contribution is 7.89. The second-order valence-electron chi connectivity index (χ2n) is 3.99. The van der Waals surface area contributed by atoms with Crippen molar-refractivity contribution in [1.29, 1.82) is 0 Å². The van der Waals surface area contributed by atoms with Crippen molar-refractivity contribution >= 4 is 27.6 Å². The molecule has 0 spiro atoms. The monoisotopic (exact) mass is 301 g/mol. The number of anilines is 1. The van der Waals surface area contributed by atoms with Gasteiger partial charge in [-0.2, -0.15) is 4.72 Å². The molecule has 0 aliphatic heterocycles. The Bertz CT molecular complexity index is 641. The van der Waals surface area contributed by atoms with E-state index in [0.717, 1.165) is 13.2 Å². The van der Waals surface area contributed by atoms with E-state index < -0.39 is 27.9 Å². The number of hydrogen-bond donors (Lipinski definition) is 3. The van der Waals surface area contributed by atoms with Crippen LogP contribution in [0.15, 0.2) is 23.1 Å². The van der Waals surface area contributed by atoms with E-state index in [2.05, 4.69) is 9.46 Å². The molecule has 8 nitrogen and oxygen atoms in total. The van der Waals surface area contributed by atoms with Crippen LogP contribution in [0.5, 0.6) is 0 Å². The summed E-state index contributed by atoms with van der Waals surface area (Å²) in [6, 6.07) is 2.56. The van der Waals surface area contributed by atoms with Crippen molar-refractivity contribution in [3.8, 4) is 0 Å². The Labute approximate surface area is 116 Å². The van der Waals surface area contributed by atoms with E-state index in [4.69, 9.17) is 11.5 Å². The maximum atomic E-state index is 12.2. The zero-order chi connectivity index (χ0) is 15.5. The molecule has 1 amide bonds. The summed E-state index contributed by atoms with van der Waals surface area (Å²) in [7, 11) is -3.02. The van der Waals surface area contributed by atoms with Gasteiger partial charge in [0.2, 0.25) is 15.9 Å². The number of rotatable bonds is 5. The van der Waals surface area contributed by atoms with Crippen molar-refractivity contribution in [2.75, 3.05) is 12.8 Å². The number of ether oxygens (including phenoxy) is 1. The van der Waals surface area contributed by atoms with Gasteiger partial charge in [0.15, 0.2) is 0 Å². The predicted molar refractivity (Wildman–Crippen MR) is 71.2 cm³/mol. The number of sulfonamides is 1. The number of nitrogen functional groups attached to an aromatic ring is 1. The minimum absolute atomic E-state index is 0.143. The normalized spacial score (nSPS) is 12.7. The van der Waals surface area contributed by atoms with E-state index in [1.807, 2.05) is 0 Å². The van der Waals surface area contributed by atoms with Gasteiger partial charge in [0.1, 0.15) is 0 Å². The zero-order valence-electron chi connectivity index (χ0n) is 10.9. The number of benzene rings is 1. The number of amides is 1. The zero-order valence-corrected chi connectivity index (χ0v) is 11.7. The van der Waals surface area contributed by atoms with Gasteiger partial charge in [-0.3, -0.25) is 4.79 Å². The minimum atomic E-state index is -4.14. The van der Waals surface area contributed by atoms with Crippen molar-refractivity contribution in [3.63, 3.8) is 0 Å². The van der Waals surface area contributed by atoms with E-state index in [9.17, 15) is 18.0 Å². The van der Waals surface area contributed by atoms with Gasteiger partial charge < -0.3 is 16.2 Å². The Morgan fingerprint density at radius 2 is 1.95 bits per heavy atom. The lowest BCUT2D eigenvalue weighted by molar-refractivity contribution is -0.119. The van der Waals surface area contributed by atoms with Crippen LogP contribution in [0.2, 0.25) is 0 Å². The topological polar surface area (TPSA) is 142 Å². The summed E-state index contributed by atoms with van der Waals surface area (Å²) in [6.45, 7) is 1.28. The van der Waals surface area contributed by atoms with Crippen LogP contribution in [0.1, 0.15) is 17.3 Å². The summed E-state index contributed by atoms with van der Waals surface area (Å²) in [4.78, 5) is 22.1. The minimum Gasteiger partial charge on any atom is -0.465 e. The van der Waals surface area contributed by atoms with Gasteiger partial charge in [-0.15, -0.1) is 0 Å². The number of carbonyl (C=O) groups excluding carboxylic acids is 2. The van der Waals surface area contributed by atoms with E-state index in [-0.39, 0.29) is 16.1 Å². The van der Waals surface area contributed by atoms with Gasteiger partial charge in [-0.1, -0.05) is 0 Å². The molecule has 0 bridgehead atoms. The van der Waals surface area contributed by atoms with Gasteiger partial charge in [-0.25, -0.2) is 13.2 Å². The molecule has 0 saturated carbocycles. The highest BCUT2D eigenvalue weighted by Gasteiger charge is 2.26. The first kappa shape index (κ1) is 15.9. The number of nitrogens with two attached hydrogens (primary N) is 2. The summed E-state index contributed by atoms with van der Waals surface area (Å²) in [5.41, 5.74) is 10.5. The fourth-order valence-corrected chi connectivity index (χ4v) is 2.83. The summed E-state index contributed by atoms with van der Waals surface area (Å²) >= 11 is 0. The lowest BCUT2D eigenvalue weighted by atomic mass is 10.2. The number of nitrogens with one attached hydrogen (secondary N) is 1. The molecule has 0 radical (unpaired) electrons. The van der Waals surface area contributed by atoms with Crippen molar-refractivity contribution in [2.24, 2.45) is 5.73 Å². The number of hydrogen-bond acceptors (Lipinski definition) is 6. The first-order valence-electron chi connectivity index (χ1n) is 5.48. The van der Waals surface area contributed by atoms with Crippen molar-refractivity contribution in [1.82, 2.24) is 4.72 Å². The second kappa shape index (κ2) is 5.88. The van der Waals surface area contributed by atoms with Crippen LogP contribution >= 0.6 is 0 Å². The second-order valence-corrected chi connectivity index (χ2v) is 5.67. The number of primary amides is 1. The standard InChI is InChI=1S/C11H15N3O5S/c1-6(10(13)15)14-20(17,18)9-5-7(12)3-4-8(9)11(16)19-2/h3-6,14H,12H2,1-2H3,(H2,13,15). The average Bonchev–Trinajstić information content (AvgIpc) is 2.37. The van der Waals surface area contributed by atoms with E-state index in [1.54, 1.807) is 0 Å². The third-order valence-corrected chi connectivity index (χ3v) is 4.04. The Hall–Kier alpha value is -2.13. The maximum Gasteiger partial charge on any atom is 0.339 e. The molecule has 0 saturated heterocycles. The van der Waals surface area contributed by atoms with Crippen LogP contribution in [0.3, 0.4) is 0 Å². The summed E-state index contributed by atoms with van der Waals surface area (Å²) in [5.74, 6) is -1.69. The maximum absolute atomic E-state index is 12.2. The van der Waals surface area contributed by atoms with Crippen LogP contribution in [0, 0.1) is 0 Å². The molecule has 0 heterocycles. The fraction of sp³-hybridized carbons (Fsp3) is 0.273. The summed E-state index contributed by atoms with van der Waals surface area (Å²) < 4.78 is 30.9. The summed E-state index contributed by atoms with van der Waals surface area (Å²) in [6.07, 6.45) is 0. The average molecular weight is 301 g/mol. The van der Waals surface area contributed by atoms with Crippen LogP contribution in [-0.4, -0.2) is 33.4 Å². The van der Waals surface area contributed by atoms with Gasteiger partial charge in [0.25, 0.3) is 0 Å². The lowest BCUT2D eigenvalue weighted by Crippen LogP contribution is -2.42. The Morgan fingerprint density at radius 3 is 2.45 bits per heavy atom. The van der Waals surface area contributed by atoms with Crippen molar-refractivity contribution in [3.05, 3.63) is 23.8 Å². The SMILES string of the molecule is COC(=O)c1ccc(N)cc1S(=O)(=O)NC(C)C(N)=O. The molecule has 5 N–H and O–H groups in total. The quantitative estimate of drug-likeness (QED) is 0.480. The van der Waals surface area contributed by atoms with Crippen molar-refractivity contribution in [2.45, 2.75) is 17.9 Å². The van der Waals surface area contributed by atoms with E-state index >= 15 is 0 Å². The molecule has 1 atom stereocenters. The Balaban J connectivity index is 3.33. The Kier molecular flexibility index (Phi) is 4.69. The molecule has 9 heteroatoms. The van der Waals surface area contributed by atoms with E-state index in [1.165, 1.54) is 19.1 Å². The predicted octanol–water partition coefficient (Wildman–Crippen LogP) is -0.792. The third kappa shape index (κ3) is 3.45. The molecule has 1 unspecified atom stereocenters. The molecule has 1 rings (SSSR count). The molecule has 0 aliphatic carbocycles. The molecule has 0 aliphatic rings. The molecule has 0 aromatic heterocycles. The molecule has 20 heavy (non-hydrogen) atoms. The van der Waals surface area contributed by atoms with Gasteiger partial charge in [0, 0.05) is 5.69 Å². The highest BCUT2D eigenvalue weighted by atomic mass is 32.2. The first-order valence-corrected chi connectivity index (χ1v) is 6.97. The van der Waals surface area contributed by atoms with Crippen molar-refractivity contribution < 1.29 is 22.7 Å². The fourth-order valence-electron chi connectivity index (χ4n) is 1.39. The number of esters is 1. The lowest BCUT2D eigenvalue weighted by Gasteiger charge is -2.13. The number of methoxy groups -OCH3 is 1. The molecular formula is C11H15N3O5S. The van der Waals surface area contributed by atoms with Crippen LogP contribution in [-0.2, 0) is 19.6 Å². The third-order valence-electron chi connectivity index (χ3n) is 2.46. The van der Waals surface area contributed by atoms with Crippen LogP contribution in [0.4, 0.5) is 5.69 Å². The molecular weight excluding hydrogens is 286 g/mol. The van der Waals surface area contributed by atoms with Gasteiger partial charge in [0.05, 0.1) is 23.6 Å². The van der Waals surface area contributed by atoms with Crippen LogP contribution in [0.25, 0.3) is 0 Å². The molecule has 1 aromatic rings. The number of carbonyl (C=O) groups is 2. The van der Waals surface area contributed by atoms with Gasteiger partial charge in [-0.05, 0) is 25.1 Å². The highest BCUT2D eigenvalue weighted by Crippen LogP contribution is 2.20. The van der Waals surface area contributed by atoms with Gasteiger partial charge >= 0.3 is 5.97 Å². The smallest absolute Gasteiger partial charge is 0.339 e. The molecule has 0 fully saturated rings. The Morgan fingerprint density at radius 1 is 1.35 bits per heavy atom. The largest absolute Gasteiger partial charge is 0.465 e.